The SMILES string of the molecule is CC(C)(C)C(CC(=O)O)NC(=O)NCCCN. The van der Waals surface area contributed by atoms with E-state index in [4.69, 9.17) is 10.8 Å². The molecule has 0 aromatic carbocycles. The molecular weight excluding hydrogens is 222 g/mol. The van der Waals surface area contributed by atoms with Crippen LogP contribution in [0.25, 0.3) is 0 Å². The lowest BCUT2D eigenvalue weighted by atomic mass is 9.85. The van der Waals surface area contributed by atoms with Gasteiger partial charge in [-0.1, -0.05) is 20.8 Å². The van der Waals surface area contributed by atoms with Crippen molar-refractivity contribution in [3.05, 3.63) is 0 Å². The van der Waals surface area contributed by atoms with Gasteiger partial charge >= 0.3 is 12.0 Å². The van der Waals surface area contributed by atoms with Crippen molar-refractivity contribution in [1.29, 1.82) is 0 Å². The maximum Gasteiger partial charge on any atom is 0.315 e. The highest BCUT2D eigenvalue weighted by Gasteiger charge is 2.28. The van der Waals surface area contributed by atoms with Crippen molar-refractivity contribution in [2.75, 3.05) is 13.1 Å². The van der Waals surface area contributed by atoms with Crippen molar-refractivity contribution >= 4 is 12.0 Å². The first kappa shape index (κ1) is 15.7. The number of carbonyl (C=O) groups is 2. The molecule has 0 rings (SSSR count). The second-order valence-electron chi connectivity index (χ2n) is 5.06. The first-order chi connectivity index (χ1) is 7.77. The van der Waals surface area contributed by atoms with Gasteiger partial charge in [0.1, 0.15) is 0 Å². The summed E-state index contributed by atoms with van der Waals surface area (Å²) in [4.78, 5) is 22.2. The minimum Gasteiger partial charge on any atom is -0.481 e. The molecular formula is C11H23N3O3. The minimum atomic E-state index is -0.924. The summed E-state index contributed by atoms with van der Waals surface area (Å²) < 4.78 is 0. The standard InChI is InChI=1S/C11H23N3O3/c1-11(2,3)8(7-9(15)16)14-10(17)13-6-4-5-12/h8H,4-7,12H2,1-3H3,(H,15,16)(H2,13,14,17). The van der Waals surface area contributed by atoms with Gasteiger partial charge in [-0.05, 0) is 18.4 Å². The summed E-state index contributed by atoms with van der Waals surface area (Å²) in [5.41, 5.74) is 5.00. The third-order valence-corrected chi connectivity index (χ3v) is 2.40. The molecule has 5 N–H and O–H groups in total. The molecule has 0 bridgehead atoms. The molecule has 2 amide bonds. The number of aliphatic carboxylic acids is 1. The molecule has 1 atom stereocenters. The molecule has 0 aliphatic carbocycles. The van der Waals surface area contributed by atoms with Gasteiger partial charge in [0, 0.05) is 12.6 Å². The van der Waals surface area contributed by atoms with E-state index in [0.717, 1.165) is 0 Å². The van der Waals surface area contributed by atoms with Crippen LogP contribution in [0.2, 0.25) is 0 Å². The Bertz CT molecular complexity index is 261. The van der Waals surface area contributed by atoms with Gasteiger partial charge in [-0.3, -0.25) is 4.79 Å². The van der Waals surface area contributed by atoms with Crippen molar-refractivity contribution in [1.82, 2.24) is 10.6 Å². The zero-order valence-corrected chi connectivity index (χ0v) is 10.7. The predicted molar refractivity (Wildman–Crippen MR) is 65.7 cm³/mol. The molecule has 0 aromatic rings. The molecule has 0 aromatic heterocycles. The largest absolute Gasteiger partial charge is 0.481 e. The Balaban J connectivity index is 4.24. The fraction of sp³-hybridized carbons (Fsp3) is 0.818. The smallest absolute Gasteiger partial charge is 0.315 e. The number of nitrogens with two attached hydrogens (primary N) is 1. The van der Waals surface area contributed by atoms with E-state index in [1.807, 2.05) is 20.8 Å². The molecule has 0 heterocycles. The summed E-state index contributed by atoms with van der Waals surface area (Å²) in [7, 11) is 0. The molecule has 0 saturated heterocycles. The van der Waals surface area contributed by atoms with Crippen LogP contribution in [0.1, 0.15) is 33.6 Å². The van der Waals surface area contributed by atoms with E-state index in [1.54, 1.807) is 0 Å². The van der Waals surface area contributed by atoms with Crippen LogP contribution < -0.4 is 16.4 Å². The molecule has 0 aliphatic heterocycles. The van der Waals surface area contributed by atoms with Gasteiger partial charge < -0.3 is 21.5 Å². The predicted octanol–water partition coefficient (Wildman–Crippen LogP) is 0.524. The Kier molecular flexibility index (Phi) is 6.57. The maximum absolute atomic E-state index is 11.5. The number of carbonyl (C=O) groups excluding carboxylic acids is 1. The Morgan fingerprint density at radius 3 is 2.35 bits per heavy atom. The van der Waals surface area contributed by atoms with E-state index < -0.39 is 12.0 Å². The fourth-order valence-corrected chi connectivity index (χ4v) is 1.26. The monoisotopic (exact) mass is 245 g/mol. The number of rotatable bonds is 6. The molecule has 0 fully saturated rings. The van der Waals surface area contributed by atoms with E-state index in [-0.39, 0.29) is 17.9 Å². The summed E-state index contributed by atoms with van der Waals surface area (Å²) in [5.74, 6) is -0.924. The van der Waals surface area contributed by atoms with Crippen molar-refractivity contribution in [2.45, 2.75) is 39.7 Å². The highest BCUT2D eigenvalue weighted by atomic mass is 16.4. The van der Waals surface area contributed by atoms with Crippen LogP contribution in [0.15, 0.2) is 0 Å². The van der Waals surface area contributed by atoms with Crippen LogP contribution in [-0.4, -0.2) is 36.2 Å². The van der Waals surface area contributed by atoms with Gasteiger partial charge in [0.05, 0.1) is 6.42 Å². The zero-order valence-electron chi connectivity index (χ0n) is 10.7. The summed E-state index contributed by atoms with van der Waals surface area (Å²) in [5, 5.41) is 14.1. The van der Waals surface area contributed by atoms with Gasteiger partial charge in [-0.2, -0.15) is 0 Å². The first-order valence-electron chi connectivity index (χ1n) is 5.73. The molecule has 6 heteroatoms. The van der Waals surface area contributed by atoms with Gasteiger partial charge in [-0.25, -0.2) is 4.79 Å². The number of hydrogen-bond donors (Lipinski definition) is 4. The van der Waals surface area contributed by atoms with Gasteiger partial charge in [0.2, 0.25) is 0 Å². The van der Waals surface area contributed by atoms with Crippen LogP contribution in [0.3, 0.4) is 0 Å². The van der Waals surface area contributed by atoms with Crippen LogP contribution in [0.5, 0.6) is 0 Å². The lowest BCUT2D eigenvalue weighted by Gasteiger charge is -2.30. The number of carboxylic acid groups (broad SMARTS) is 1. The highest BCUT2D eigenvalue weighted by Crippen LogP contribution is 2.21. The molecule has 6 nitrogen and oxygen atoms in total. The highest BCUT2D eigenvalue weighted by molar-refractivity contribution is 5.75. The number of hydrogen-bond acceptors (Lipinski definition) is 3. The Hall–Kier alpha value is -1.30. The maximum atomic E-state index is 11.5. The van der Waals surface area contributed by atoms with E-state index >= 15 is 0 Å². The zero-order chi connectivity index (χ0) is 13.5. The van der Waals surface area contributed by atoms with E-state index in [0.29, 0.717) is 19.5 Å². The molecule has 17 heavy (non-hydrogen) atoms. The van der Waals surface area contributed by atoms with Crippen molar-refractivity contribution < 1.29 is 14.7 Å². The molecule has 1 unspecified atom stereocenters. The minimum absolute atomic E-state index is 0.0895. The van der Waals surface area contributed by atoms with E-state index in [2.05, 4.69) is 10.6 Å². The van der Waals surface area contributed by atoms with E-state index in [9.17, 15) is 9.59 Å². The summed E-state index contributed by atoms with van der Waals surface area (Å²) in [6.07, 6.45) is 0.611. The number of carboxylic acids is 1. The quantitative estimate of drug-likeness (QED) is 0.512. The van der Waals surface area contributed by atoms with Gasteiger partial charge in [0.15, 0.2) is 0 Å². The van der Waals surface area contributed by atoms with Crippen molar-refractivity contribution in [3.63, 3.8) is 0 Å². The second kappa shape index (κ2) is 7.11. The molecule has 0 saturated carbocycles. The third-order valence-electron chi connectivity index (χ3n) is 2.40. The van der Waals surface area contributed by atoms with Gasteiger partial charge in [0.25, 0.3) is 0 Å². The molecule has 0 radical (unpaired) electrons. The van der Waals surface area contributed by atoms with Crippen LogP contribution in [0, 0.1) is 5.41 Å². The topological polar surface area (TPSA) is 104 Å². The van der Waals surface area contributed by atoms with Crippen LogP contribution in [0.4, 0.5) is 4.79 Å². The second-order valence-corrected chi connectivity index (χ2v) is 5.06. The fourth-order valence-electron chi connectivity index (χ4n) is 1.26. The number of urea groups is 1. The average molecular weight is 245 g/mol. The number of amides is 2. The van der Waals surface area contributed by atoms with Gasteiger partial charge in [-0.15, -0.1) is 0 Å². The Labute approximate surface area is 102 Å². The lowest BCUT2D eigenvalue weighted by Crippen LogP contribution is -2.49. The van der Waals surface area contributed by atoms with Crippen LogP contribution in [-0.2, 0) is 4.79 Å². The van der Waals surface area contributed by atoms with Crippen LogP contribution >= 0.6 is 0 Å². The Morgan fingerprint density at radius 1 is 1.35 bits per heavy atom. The molecule has 0 aliphatic rings. The summed E-state index contributed by atoms with van der Waals surface area (Å²) >= 11 is 0. The third kappa shape index (κ3) is 7.57. The van der Waals surface area contributed by atoms with Crippen molar-refractivity contribution in [3.8, 4) is 0 Å². The first-order valence-corrected chi connectivity index (χ1v) is 5.73. The summed E-state index contributed by atoms with van der Waals surface area (Å²) in [6.45, 7) is 6.67. The Morgan fingerprint density at radius 2 is 1.94 bits per heavy atom. The lowest BCUT2D eigenvalue weighted by molar-refractivity contribution is -0.138. The normalized spacial score (nSPS) is 12.9. The summed E-state index contributed by atoms with van der Waals surface area (Å²) in [6, 6.07) is -0.752. The number of nitrogens with one attached hydrogen (secondary N) is 2. The average Bonchev–Trinajstić information content (AvgIpc) is 2.15. The van der Waals surface area contributed by atoms with E-state index in [1.165, 1.54) is 0 Å². The molecule has 0 spiro atoms. The molecule has 100 valence electrons. The van der Waals surface area contributed by atoms with Crippen molar-refractivity contribution in [2.24, 2.45) is 11.1 Å².